The number of methoxy groups -OCH3 is 1. The average Bonchev–Trinajstić information content (AvgIpc) is 3.38. The number of ketones is 1. The fourth-order valence-electron chi connectivity index (χ4n) is 3.62. The van der Waals surface area contributed by atoms with E-state index in [0.29, 0.717) is 5.16 Å². The highest BCUT2D eigenvalue weighted by Gasteiger charge is 2.18. The molecule has 0 N–H and O–H groups in total. The van der Waals surface area contributed by atoms with Crippen molar-refractivity contribution in [2.75, 3.05) is 12.9 Å². The van der Waals surface area contributed by atoms with Crippen LogP contribution in [0.2, 0.25) is 0 Å². The number of carbonyl (C=O) groups excluding carboxylic acids is 1. The zero-order chi connectivity index (χ0) is 21.8. The van der Waals surface area contributed by atoms with E-state index in [9.17, 15) is 4.79 Å². The highest BCUT2D eigenvalue weighted by Crippen LogP contribution is 2.27. The molecule has 0 amide bonds. The summed E-state index contributed by atoms with van der Waals surface area (Å²) in [5.41, 5.74) is 4.86. The van der Waals surface area contributed by atoms with Crippen LogP contribution in [-0.2, 0) is 6.54 Å². The number of hydrogen-bond donors (Lipinski definition) is 0. The van der Waals surface area contributed by atoms with E-state index in [1.807, 2.05) is 66.9 Å². The minimum atomic E-state index is 0.0759. The van der Waals surface area contributed by atoms with Crippen LogP contribution in [0.15, 0.2) is 72.1 Å². The normalized spacial score (nSPS) is 10.9. The second-order valence-corrected chi connectivity index (χ2v) is 8.17. The van der Waals surface area contributed by atoms with Gasteiger partial charge in [0.05, 0.1) is 18.6 Å². The number of nitrogens with zero attached hydrogens (tertiary/aromatic N) is 4. The molecule has 0 radical (unpaired) electrons. The van der Waals surface area contributed by atoms with Gasteiger partial charge in [0.1, 0.15) is 12.1 Å². The SMILES string of the molecule is COc1ccccc1-n1cnnc1SCC(=O)c1cc(C)n(Cc2ccccc2)c1C. The molecule has 6 nitrogen and oxygen atoms in total. The Balaban J connectivity index is 1.51. The van der Waals surface area contributed by atoms with Crippen LogP contribution in [0.4, 0.5) is 0 Å². The highest BCUT2D eigenvalue weighted by molar-refractivity contribution is 7.99. The zero-order valence-electron chi connectivity index (χ0n) is 17.8. The van der Waals surface area contributed by atoms with E-state index in [1.165, 1.54) is 17.3 Å². The van der Waals surface area contributed by atoms with Gasteiger partial charge in [0.2, 0.25) is 0 Å². The van der Waals surface area contributed by atoms with E-state index >= 15 is 0 Å². The van der Waals surface area contributed by atoms with Crippen LogP contribution >= 0.6 is 11.8 Å². The number of ether oxygens (including phenoxy) is 1. The zero-order valence-corrected chi connectivity index (χ0v) is 18.6. The molecule has 4 aromatic rings. The first-order valence-corrected chi connectivity index (χ1v) is 11.0. The molecule has 0 aliphatic carbocycles. The highest BCUT2D eigenvalue weighted by atomic mass is 32.2. The van der Waals surface area contributed by atoms with Gasteiger partial charge in [0, 0.05) is 23.5 Å². The van der Waals surface area contributed by atoms with Crippen molar-refractivity contribution < 1.29 is 9.53 Å². The first-order valence-electron chi connectivity index (χ1n) is 9.98. The van der Waals surface area contributed by atoms with E-state index in [1.54, 1.807) is 13.4 Å². The smallest absolute Gasteiger partial charge is 0.196 e. The fraction of sp³-hybridized carbons (Fsp3) is 0.208. The van der Waals surface area contributed by atoms with Gasteiger partial charge < -0.3 is 9.30 Å². The molecule has 7 heteroatoms. The van der Waals surface area contributed by atoms with Crippen LogP contribution in [-0.4, -0.2) is 38.0 Å². The van der Waals surface area contributed by atoms with E-state index in [2.05, 4.69) is 26.9 Å². The molecule has 158 valence electrons. The molecule has 0 fully saturated rings. The van der Waals surface area contributed by atoms with Gasteiger partial charge in [-0.2, -0.15) is 0 Å². The first kappa shape index (κ1) is 20.9. The predicted molar refractivity (Wildman–Crippen MR) is 122 cm³/mol. The van der Waals surface area contributed by atoms with Crippen LogP contribution in [0.3, 0.4) is 0 Å². The summed E-state index contributed by atoms with van der Waals surface area (Å²) in [7, 11) is 1.63. The van der Waals surface area contributed by atoms with E-state index in [4.69, 9.17) is 4.74 Å². The molecule has 0 saturated carbocycles. The number of aryl methyl sites for hydroxylation is 1. The Labute approximate surface area is 185 Å². The lowest BCUT2D eigenvalue weighted by Gasteiger charge is -2.11. The monoisotopic (exact) mass is 432 g/mol. The van der Waals surface area contributed by atoms with Gasteiger partial charge in [0.15, 0.2) is 10.9 Å². The van der Waals surface area contributed by atoms with Crippen LogP contribution in [0.25, 0.3) is 5.69 Å². The van der Waals surface area contributed by atoms with Gasteiger partial charge in [-0.3, -0.25) is 9.36 Å². The lowest BCUT2D eigenvalue weighted by molar-refractivity contribution is 0.102. The van der Waals surface area contributed by atoms with Crippen molar-refractivity contribution in [3.05, 3.63) is 89.5 Å². The molecule has 0 saturated heterocycles. The van der Waals surface area contributed by atoms with Gasteiger partial charge in [-0.25, -0.2) is 0 Å². The Morgan fingerprint density at radius 2 is 1.81 bits per heavy atom. The maximum Gasteiger partial charge on any atom is 0.196 e. The molecular weight excluding hydrogens is 408 g/mol. The largest absolute Gasteiger partial charge is 0.495 e. The maximum absolute atomic E-state index is 13.0. The summed E-state index contributed by atoms with van der Waals surface area (Å²) >= 11 is 1.37. The molecule has 2 aromatic heterocycles. The van der Waals surface area contributed by atoms with Crippen LogP contribution in [0.1, 0.15) is 27.3 Å². The number of rotatable bonds is 8. The van der Waals surface area contributed by atoms with Crippen molar-refractivity contribution in [3.63, 3.8) is 0 Å². The number of para-hydroxylation sites is 2. The molecule has 0 spiro atoms. The summed E-state index contributed by atoms with van der Waals surface area (Å²) < 4.78 is 9.47. The van der Waals surface area contributed by atoms with Crippen molar-refractivity contribution >= 4 is 17.5 Å². The summed E-state index contributed by atoms with van der Waals surface area (Å²) in [6, 6.07) is 19.9. The Hall–Kier alpha value is -3.32. The molecule has 4 rings (SSSR count). The van der Waals surface area contributed by atoms with Gasteiger partial charge in [-0.15, -0.1) is 10.2 Å². The Kier molecular flexibility index (Phi) is 6.23. The van der Waals surface area contributed by atoms with Gasteiger partial charge in [0.25, 0.3) is 0 Å². The molecule has 2 aromatic carbocycles. The van der Waals surface area contributed by atoms with Crippen LogP contribution in [0, 0.1) is 13.8 Å². The second-order valence-electron chi connectivity index (χ2n) is 7.22. The number of aromatic nitrogens is 4. The van der Waals surface area contributed by atoms with Gasteiger partial charge in [-0.1, -0.05) is 54.2 Å². The second kappa shape index (κ2) is 9.22. The number of carbonyl (C=O) groups is 1. The number of Topliss-reactive ketones (excluding diaryl/α,β-unsaturated/α-hetero) is 1. The third-order valence-corrected chi connectivity index (χ3v) is 6.19. The topological polar surface area (TPSA) is 61.9 Å². The minimum absolute atomic E-state index is 0.0759. The average molecular weight is 433 g/mol. The molecule has 2 heterocycles. The summed E-state index contributed by atoms with van der Waals surface area (Å²) in [6.07, 6.45) is 1.64. The van der Waals surface area contributed by atoms with E-state index < -0.39 is 0 Å². The first-order chi connectivity index (χ1) is 15.1. The molecule has 0 unspecified atom stereocenters. The standard InChI is InChI=1S/C24H24N4O2S/c1-17-13-20(18(2)27(17)14-19-9-5-4-6-10-19)22(29)15-31-24-26-25-16-28(24)21-11-7-8-12-23(21)30-3/h4-13,16H,14-15H2,1-3H3. The number of hydrogen-bond acceptors (Lipinski definition) is 5. The van der Waals surface area contributed by atoms with Crippen molar-refractivity contribution in [2.45, 2.75) is 25.5 Å². The summed E-state index contributed by atoms with van der Waals surface area (Å²) in [5.74, 6) is 1.08. The third kappa shape index (κ3) is 4.41. The molecule has 0 aliphatic heterocycles. The van der Waals surface area contributed by atoms with E-state index in [0.717, 1.165) is 34.9 Å². The lowest BCUT2D eigenvalue weighted by Crippen LogP contribution is -2.08. The Morgan fingerprint density at radius 1 is 1.06 bits per heavy atom. The lowest BCUT2D eigenvalue weighted by atomic mass is 10.2. The molecule has 31 heavy (non-hydrogen) atoms. The third-order valence-electron chi connectivity index (χ3n) is 5.25. The van der Waals surface area contributed by atoms with Crippen LogP contribution in [0.5, 0.6) is 5.75 Å². The predicted octanol–water partition coefficient (Wildman–Crippen LogP) is 4.72. The number of thioether (sulfide) groups is 1. The van der Waals surface area contributed by atoms with Crippen molar-refractivity contribution in [1.82, 2.24) is 19.3 Å². The van der Waals surface area contributed by atoms with Gasteiger partial charge in [-0.05, 0) is 37.6 Å². The molecule has 0 atom stereocenters. The molecule has 0 bridgehead atoms. The van der Waals surface area contributed by atoms with E-state index in [-0.39, 0.29) is 11.5 Å². The maximum atomic E-state index is 13.0. The molecular formula is C24H24N4O2S. The molecule has 0 aliphatic rings. The van der Waals surface area contributed by atoms with Crippen molar-refractivity contribution in [2.24, 2.45) is 0 Å². The van der Waals surface area contributed by atoms with Gasteiger partial charge >= 0.3 is 0 Å². The Morgan fingerprint density at radius 3 is 2.58 bits per heavy atom. The van der Waals surface area contributed by atoms with Crippen molar-refractivity contribution in [1.29, 1.82) is 0 Å². The summed E-state index contributed by atoms with van der Waals surface area (Å²) in [6.45, 7) is 4.80. The quantitative estimate of drug-likeness (QED) is 0.298. The van der Waals surface area contributed by atoms with Crippen molar-refractivity contribution in [3.8, 4) is 11.4 Å². The van der Waals surface area contributed by atoms with Crippen LogP contribution < -0.4 is 4.74 Å². The summed E-state index contributed by atoms with van der Waals surface area (Å²) in [5, 5.41) is 8.87. The Bertz CT molecular complexity index is 1200. The number of benzene rings is 2. The fourth-order valence-corrected chi connectivity index (χ4v) is 4.42. The summed E-state index contributed by atoms with van der Waals surface area (Å²) in [4.78, 5) is 13.0. The minimum Gasteiger partial charge on any atom is -0.495 e.